The normalized spacial score (nSPS) is 12.1. The van der Waals surface area contributed by atoms with Crippen molar-refractivity contribution in [3.8, 4) is 0 Å². The summed E-state index contributed by atoms with van der Waals surface area (Å²) in [7, 11) is 3.61. The molecule has 0 fully saturated rings. The predicted molar refractivity (Wildman–Crippen MR) is 74.1 cm³/mol. The maximum absolute atomic E-state index is 11.0. The number of nitrogens with two attached hydrogens (primary N) is 1. The third kappa shape index (κ3) is 4.07. The first kappa shape index (κ1) is 14.0. The van der Waals surface area contributed by atoms with Crippen LogP contribution in [-0.4, -0.2) is 37.3 Å². The second-order valence-electron chi connectivity index (χ2n) is 4.22. The van der Waals surface area contributed by atoms with Crippen molar-refractivity contribution in [2.45, 2.75) is 18.9 Å². The fourth-order valence-electron chi connectivity index (χ4n) is 1.79. The number of aryl methyl sites for hydroxylation is 1. The van der Waals surface area contributed by atoms with E-state index in [4.69, 9.17) is 5.73 Å². The summed E-state index contributed by atoms with van der Waals surface area (Å²) in [5, 5.41) is 0. The lowest BCUT2D eigenvalue weighted by molar-refractivity contribution is 0.449. The molecule has 1 unspecified atom stereocenters. The Hall–Kier alpha value is -2.06. The van der Waals surface area contributed by atoms with Crippen molar-refractivity contribution in [3.63, 3.8) is 0 Å². The van der Waals surface area contributed by atoms with Crippen LogP contribution in [0.1, 0.15) is 12.0 Å². The molecule has 0 aliphatic heterocycles. The molecule has 4 heteroatoms. The van der Waals surface area contributed by atoms with Gasteiger partial charge in [-0.3, -0.25) is 4.99 Å². The summed E-state index contributed by atoms with van der Waals surface area (Å²) in [6, 6.07) is 9.86. The van der Waals surface area contributed by atoms with Gasteiger partial charge in [0.2, 0.25) is 0 Å². The van der Waals surface area contributed by atoms with Crippen LogP contribution in [0.4, 0.5) is 0 Å². The van der Waals surface area contributed by atoms with Gasteiger partial charge in [0.1, 0.15) is 17.7 Å². The van der Waals surface area contributed by atoms with Gasteiger partial charge in [-0.2, -0.15) is 0 Å². The molecule has 4 nitrogen and oxygen atoms in total. The SMILES string of the molecule is CN(C)C(=C=O)C(CCc1ccccc1)N=CN. The molecule has 0 heterocycles. The molecule has 0 saturated heterocycles. The first-order valence-electron chi connectivity index (χ1n) is 5.88. The van der Waals surface area contributed by atoms with E-state index in [1.165, 1.54) is 11.9 Å². The summed E-state index contributed by atoms with van der Waals surface area (Å²) in [4.78, 5) is 16.8. The molecular formula is C14H19N3O. The number of rotatable bonds is 6. The highest BCUT2D eigenvalue weighted by molar-refractivity contribution is 5.57. The summed E-state index contributed by atoms with van der Waals surface area (Å²) >= 11 is 0. The van der Waals surface area contributed by atoms with Crippen LogP contribution in [0, 0.1) is 0 Å². The smallest absolute Gasteiger partial charge is 0.148 e. The Bertz CT molecular complexity index is 434. The van der Waals surface area contributed by atoms with Gasteiger partial charge in [-0.1, -0.05) is 30.3 Å². The van der Waals surface area contributed by atoms with Gasteiger partial charge >= 0.3 is 0 Å². The molecule has 96 valence electrons. The predicted octanol–water partition coefficient (Wildman–Crippen LogP) is 1.25. The molecule has 1 aromatic carbocycles. The van der Waals surface area contributed by atoms with Crippen LogP contribution < -0.4 is 5.73 Å². The van der Waals surface area contributed by atoms with Crippen LogP contribution in [0.2, 0.25) is 0 Å². The third-order valence-corrected chi connectivity index (χ3v) is 2.72. The Morgan fingerprint density at radius 1 is 1.44 bits per heavy atom. The Balaban J connectivity index is 2.73. The van der Waals surface area contributed by atoms with E-state index in [-0.39, 0.29) is 6.04 Å². The van der Waals surface area contributed by atoms with E-state index < -0.39 is 0 Å². The zero-order valence-electron chi connectivity index (χ0n) is 10.8. The van der Waals surface area contributed by atoms with Crippen molar-refractivity contribution in [1.82, 2.24) is 4.90 Å². The van der Waals surface area contributed by atoms with Crippen molar-refractivity contribution in [2.75, 3.05) is 14.1 Å². The molecular weight excluding hydrogens is 226 g/mol. The highest BCUT2D eigenvalue weighted by atomic mass is 16.1. The lowest BCUT2D eigenvalue weighted by Gasteiger charge is -2.19. The number of aliphatic imine (C=N–C) groups is 1. The number of hydrogen-bond donors (Lipinski definition) is 1. The number of nitrogens with zero attached hydrogens (tertiary/aromatic N) is 2. The maximum atomic E-state index is 11.0. The zero-order chi connectivity index (χ0) is 13.4. The van der Waals surface area contributed by atoms with E-state index in [2.05, 4.69) is 17.1 Å². The van der Waals surface area contributed by atoms with E-state index in [0.29, 0.717) is 5.70 Å². The highest BCUT2D eigenvalue weighted by Gasteiger charge is 2.15. The number of benzene rings is 1. The summed E-state index contributed by atoms with van der Waals surface area (Å²) < 4.78 is 0. The van der Waals surface area contributed by atoms with Gasteiger partial charge in [0.05, 0.1) is 6.34 Å². The zero-order valence-corrected chi connectivity index (χ0v) is 10.8. The van der Waals surface area contributed by atoms with E-state index >= 15 is 0 Å². The quantitative estimate of drug-likeness (QED) is 0.466. The monoisotopic (exact) mass is 245 g/mol. The lowest BCUT2D eigenvalue weighted by atomic mass is 10.0. The second kappa shape index (κ2) is 7.30. The minimum Gasteiger partial charge on any atom is -0.390 e. The molecule has 0 aromatic heterocycles. The molecule has 1 atom stereocenters. The van der Waals surface area contributed by atoms with Crippen LogP contribution in [-0.2, 0) is 11.2 Å². The first-order chi connectivity index (χ1) is 8.69. The van der Waals surface area contributed by atoms with Crippen LogP contribution in [0.5, 0.6) is 0 Å². The Morgan fingerprint density at radius 3 is 2.61 bits per heavy atom. The van der Waals surface area contributed by atoms with Gasteiger partial charge < -0.3 is 10.6 Å². The third-order valence-electron chi connectivity index (χ3n) is 2.72. The first-order valence-corrected chi connectivity index (χ1v) is 5.88. The molecule has 0 bridgehead atoms. The van der Waals surface area contributed by atoms with Gasteiger partial charge in [-0.05, 0) is 18.4 Å². The van der Waals surface area contributed by atoms with Crippen LogP contribution >= 0.6 is 0 Å². The van der Waals surface area contributed by atoms with E-state index in [9.17, 15) is 4.79 Å². The molecule has 0 radical (unpaired) electrons. The van der Waals surface area contributed by atoms with Gasteiger partial charge in [0.15, 0.2) is 0 Å². The van der Waals surface area contributed by atoms with Gasteiger partial charge in [0, 0.05) is 14.1 Å². The number of carbonyl (C=O) groups excluding carboxylic acids is 1. The summed E-state index contributed by atoms with van der Waals surface area (Å²) in [6.07, 6.45) is 2.83. The van der Waals surface area contributed by atoms with Gasteiger partial charge in [-0.25, -0.2) is 4.79 Å². The lowest BCUT2D eigenvalue weighted by Crippen LogP contribution is -2.24. The molecule has 0 saturated carbocycles. The Kier molecular flexibility index (Phi) is 5.68. The molecule has 0 spiro atoms. The average Bonchev–Trinajstić information content (AvgIpc) is 2.37. The van der Waals surface area contributed by atoms with Gasteiger partial charge in [-0.15, -0.1) is 0 Å². The summed E-state index contributed by atoms with van der Waals surface area (Å²) in [5.74, 6) is 1.95. The van der Waals surface area contributed by atoms with Gasteiger partial charge in [0.25, 0.3) is 0 Å². The fraction of sp³-hybridized carbons (Fsp3) is 0.357. The van der Waals surface area contributed by atoms with Crippen molar-refractivity contribution < 1.29 is 4.79 Å². The molecule has 2 N–H and O–H groups in total. The van der Waals surface area contributed by atoms with Crippen LogP contribution in [0.25, 0.3) is 0 Å². The molecule has 0 aliphatic rings. The minimum atomic E-state index is -0.234. The molecule has 1 rings (SSSR count). The maximum Gasteiger partial charge on any atom is 0.148 e. The van der Waals surface area contributed by atoms with Crippen molar-refractivity contribution in [1.29, 1.82) is 0 Å². The molecule has 1 aromatic rings. The van der Waals surface area contributed by atoms with Crippen LogP contribution in [0.3, 0.4) is 0 Å². The highest BCUT2D eigenvalue weighted by Crippen LogP contribution is 2.14. The average molecular weight is 245 g/mol. The second-order valence-corrected chi connectivity index (χ2v) is 4.22. The standard InChI is InChI=1S/C14H19N3O/c1-17(2)14(10-18)13(16-11-15)9-8-12-6-4-3-5-7-12/h3-7,11,13H,8-9H2,1-2H3,(H2,15,16). The number of likely N-dealkylation sites (N-methyl/N-ethyl adjacent to an activating group) is 1. The van der Waals surface area contributed by atoms with E-state index in [1.54, 1.807) is 4.90 Å². The topological polar surface area (TPSA) is 58.7 Å². The van der Waals surface area contributed by atoms with Crippen LogP contribution in [0.15, 0.2) is 41.0 Å². The van der Waals surface area contributed by atoms with Crippen molar-refractivity contribution >= 4 is 12.3 Å². The molecule has 0 aliphatic carbocycles. The Labute approximate surface area is 108 Å². The largest absolute Gasteiger partial charge is 0.390 e. The minimum absolute atomic E-state index is 0.234. The van der Waals surface area contributed by atoms with Crippen molar-refractivity contribution in [2.24, 2.45) is 10.7 Å². The summed E-state index contributed by atoms with van der Waals surface area (Å²) in [6.45, 7) is 0. The number of hydrogen-bond acceptors (Lipinski definition) is 3. The van der Waals surface area contributed by atoms with E-state index in [0.717, 1.165) is 12.8 Å². The fourth-order valence-corrected chi connectivity index (χ4v) is 1.79. The van der Waals surface area contributed by atoms with E-state index in [1.807, 2.05) is 38.2 Å². The van der Waals surface area contributed by atoms with Crippen molar-refractivity contribution in [3.05, 3.63) is 41.6 Å². The molecule has 0 amide bonds. The molecule has 18 heavy (non-hydrogen) atoms. The Morgan fingerprint density at radius 2 is 2.11 bits per heavy atom. The summed E-state index contributed by atoms with van der Waals surface area (Å²) in [5.41, 5.74) is 7.08.